The smallest absolute Gasteiger partial charge is 0.112 e. The van der Waals surface area contributed by atoms with E-state index in [1.165, 1.54) is 24.2 Å². The van der Waals surface area contributed by atoms with E-state index in [-0.39, 0.29) is 10.8 Å². The highest BCUT2D eigenvalue weighted by atomic mass is 15.0. The molecule has 19 heavy (non-hydrogen) atoms. The lowest BCUT2D eigenvalue weighted by Crippen LogP contribution is -2.19. The lowest BCUT2D eigenvalue weighted by Gasteiger charge is -2.24. The van der Waals surface area contributed by atoms with Crippen molar-refractivity contribution in [3.63, 3.8) is 0 Å². The molecule has 0 aliphatic heterocycles. The largest absolute Gasteiger partial charge is 0.345 e. The summed E-state index contributed by atoms with van der Waals surface area (Å²) in [5.74, 6) is 1.69. The molecule has 0 aliphatic carbocycles. The summed E-state index contributed by atoms with van der Waals surface area (Å²) in [6.45, 7) is 18.1. The van der Waals surface area contributed by atoms with Gasteiger partial charge in [0.2, 0.25) is 0 Å². The van der Waals surface area contributed by atoms with E-state index < -0.39 is 0 Å². The predicted octanol–water partition coefficient (Wildman–Crippen LogP) is 5.30. The second-order valence-electron chi connectivity index (χ2n) is 7.52. The van der Waals surface area contributed by atoms with Gasteiger partial charge >= 0.3 is 0 Å². The van der Waals surface area contributed by atoms with Gasteiger partial charge in [0.25, 0.3) is 0 Å². The van der Waals surface area contributed by atoms with E-state index >= 15 is 0 Å². The first-order valence-electron chi connectivity index (χ1n) is 7.74. The summed E-state index contributed by atoms with van der Waals surface area (Å²) in [5, 5.41) is 0. The Kier molecular flexibility index (Phi) is 4.86. The second-order valence-corrected chi connectivity index (χ2v) is 7.52. The first-order chi connectivity index (χ1) is 8.63. The minimum absolute atomic E-state index is 0.0861. The van der Waals surface area contributed by atoms with Crippen LogP contribution in [0.5, 0.6) is 0 Å². The standard InChI is InChI=1S/C17H32N2/c1-9-11-12(3)13-14(17(7,8)10-2)19-15(18-13)16(4,5)6/h12H,9-11H2,1-8H3,(H,18,19). The zero-order valence-electron chi connectivity index (χ0n) is 14.1. The van der Waals surface area contributed by atoms with Gasteiger partial charge in [-0.25, -0.2) is 4.98 Å². The van der Waals surface area contributed by atoms with Gasteiger partial charge in [0.05, 0.1) is 5.69 Å². The van der Waals surface area contributed by atoms with Crippen LogP contribution in [0.1, 0.15) is 97.8 Å². The van der Waals surface area contributed by atoms with Crippen molar-refractivity contribution in [1.82, 2.24) is 9.97 Å². The van der Waals surface area contributed by atoms with E-state index in [2.05, 4.69) is 60.4 Å². The van der Waals surface area contributed by atoms with E-state index in [1.54, 1.807) is 0 Å². The average molecular weight is 264 g/mol. The molecule has 0 aliphatic rings. The van der Waals surface area contributed by atoms with Gasteiger partial charge in [-0.05, 0) is 18.8 Å². The van der Waals surface area contributed by atoms with Crippen LogP contribution in [0.15, 0.2) is 0 Å². The van der Waals surface area contributed by atoms with Gasteiger partial charge in [-0.2, -0.15) is 0 Å². The first kappa shape index (κ1) is 16.3. The summed E-state index contributed by atoms with van der Waals surface area (Å²) >= 11 is 0. The van der Waals surface area contributed by atoms with Gasteiger partial charge in [0, 0.05) is 16.5 Å². The first-order valence-corrected chi connectivity index (χ1v) is 7.74. The molecule has 110 valence electrons. The summed E-state index contributed by atoms with van der Waals surface area (Å²) in [5.41, 5.74) is 2.87. The molecule has 1 heterocycles. The Hall–Kier alpha value is -0.790. The lowest BCUT2D eigenvalue weighted by atomic mass is 9.82. The van der Waals surface area contributed by atoms with E-state index in [4.69, 9.17) is 4.98 Å². The Morgan fingerprint density at radius 1 is 1.11 bits per heavy atom. The third-order valence-corrected chi connectivity index (χ3v) is 4.18. The molecule has 1 atom stereocenters. The van der Waals surface area contributed by atoms with Crippen molar-refractivity contribution in [2.75, 3.05) is 0 Å². The van der Waals surface area contributed by atoms with Crippen LogP contribution >= 0.6 is 0 Å². The number of aromatic nitrogens is 2. The van der Waals surface area contributed by atoms with Crippen molar-refractivity contribution in [1.29, 1.82) is 0 Å². The molecule has 0 fully saturated rings. The lowest BCUT2D eigenvalue weighted by molar-refractivity contribution is 0.476. The maximum atomic E-state index is 4.97. The quantitative estimate of drug-likeness (QED) is 0.768. The number of imidazole rings is 1. The topological polar surface area (TPSA) is 28.7 Å². The number of nitrogens with zero attached hydrogens (tertiary/aromatic N) is 1. The molecule has 0 bridgehead atoms. The molecule has 0 saturated heterocycles. The molecule has 0 saturated carbocycles. The van der Waals surface area contributed by atoms with Crippen LogP contribution in [0, 0.1) is 0 Å². The van der Waals surface area contributed by atoms with Gasteiger partial charge in [-0.3, -0.25) is 0 Å². The van der Waals surface area contributed by atoms with Crippen molar-refractivity contribution in [2.45, 2.75) is 91.4 Å². The van der Waals surface area contributed by atoms with Gasteiger partial charge < -0.3 is 4.98 Å². The fraction of sp³-hybridized carbons (Fsp3) is 0.824. The molecule has 2 nitrogen and oxygen atoms in total. The van der Waals surface area contributed by atoms with E-state index in [1.807, 2.05) is 0 Å². The SMILES string of the molecule is CCCC(C)c1[nH]c(C(C)(C)C)nc1C(C)(C)CC. The summed E-state index contributed by atoms with van der Waals surface area (Å²) in [6, 6.07) is 0. The van der Waals surface area contributed by atoms with Crippen molar-refractivity contribution in [3.05, 3.63) is 17.2 Å². The normalized spacial score (nSPS) is 14.7. The maximum absolute atomic E-state index is 4.97. The molecule has 1 aromatic rings. The number of rotatable bonds is 5. The predicted molar refractivity (Wildman–Crippen MR) is 83.9 cm³/mol. The van der Waals surface area contributed by atoms with Crippen LogP contribution < -0.4 is 0 Å². The van der Waals surface area contributed by atoms with Crippen LogP contribution in [0.3, 0.4) is 0 Å². The van der Waals surface area contributed by atoms with Gasteiger partial charge in [0.1, 0.15) is 5.82 Å². The highest BCUT2D eigenvalue weighted by Gasteiger charge is 2.30. The molecule has 1 aromatic heterocycles. The summed E-state index contributed by atoms with van der Waals surface area (Å²) in [6.07, 6.45) is 3.56. The van der Waals surface area contributed by atoms with Crippen molar-refractivity contribution < 1.29 is 0 Å². The zero-order valence-corrected chi connectivity index (χ0v) is 14.1. The molecular weight excluding hydrogens is 232 g/mol. The number of H-pyrrole nitrogens is 1. The van der Waals surface area contributed by atoms with Crippen molar-refractivity contribution in [2.24, 2.45) is 0 Å². The summed E-state index contributed by atoms with van der Waals surface area (Å²) in [7, 11) is 0. The minimum atomic E-state index is 0.0861. The van der Waals surface area contributed by atoms with Crippen LogP contribution in [0.4, 0.5) is 0 Å². The van der Waals surface area contributed by atoms with Crippen LogP contribution in [-0.2, 0) is 10.8 Å². The summed E-state index contributed by atoms with van der Waals surface area (Å²) in [4.78, 5) is 8.61. The Balaban J connectivity index is 3.30. The molecular formula is C17H32N2. The molecule has 1 N–H and O–H groups in total. The van der Waals surface area contributed by atoms with Gasteiger partial charge in [-0.1, -0.05) is 61.8 Å². The van der Waals surface area contributed by atoms with Gasteiger partial charge in [0.15, 0.2) is 0 Å². The molecule has 0 amide bonds. The Labute approximate surface area is 119 Å². The van der Waals surface area contributed by atoms with Crippen LogP contribution in [0.25, 0.3) is 0 Å². The Bertz CT molecular complexity index is 407. The third kappa shape index (κ3) is 3.61. The fourth-order valence-corrected chi connectivity index (χ4v) is 2.36. The number of aromatic amines is 1. The monoisotopic (exact) mass is 264 g/mol. The molecule has 0 spiro atoms. The Morgan fingerprint density at radius 3 is 2.11 bits per heavy atom. The van der Waals surface area contributed by atoms with Crippen molar-refractivity contribution >= 4 is 0 Å². The van der Waals surface area contributed by atoms with Crippen molar-refractivity contribution in [3.8, 4) is 0 Å². The average Bonchev–Trinajstić information content (AvgIpc) is 2.74. The maximum Gasteiger partial charge on any atom is 0.112 e. The summed E-state index contributed by atoms with van der Waals surface area (Å²) < 4.78 is 0. The number of nitrogens with one attached hydrogen (secondary N) is 1. The minimum Gasteiger partial charge on any atom is -0.345 e. The van der Waals surface area contributed by atoms with E-state index in [0.717, 1.165) is 12.2 Å². The molecule has 0 radical (unpaired) electrons. The van der Waals surface area contributed by atoms with E-state index in [0.29, 0.717) is 5.92 Å². The molecule has 0 aromatic carbocycles. The number of hydrogen-bond acceptors (Lipinski definition) is 1. The second kappa shape index (κ2) is 5.68. The zero-order chi connectivity index (χ0) is 14.8. The van der Waals surface area contributed by atoms with Gasteiger partial charge in [-0.15, -0.1) is 0 Å². The molecule has 2 heteroatoms. The highest BCUT2D eigenvalue weighted by molar-refractivity contribution is 5.27. The van der Waals surface area contributed by atoms with Crippen LogP contribution in [0.2, 0.25) is 0 Å². The Morgan fingerprint density at radius 2 is 1.68 bits per heavy atom. The fourth-order valence-electron chi connectivity index (χ4n) is 2.36. The van der Waals surface area contributed by atoms with Crippen LogP contribution in [-0.4, -0.2) is 9.97 Å². The molecule has 1 unspecified atom stereocenters. The molecule has 1 rings (SSSR count). The third-order valence-electron chi connectivity index (χ3n) is 4.18. The van der Waals surface area contributed by atoms with E-state index in [9.17, 15) is 0 Å². The highest BCUT2D eigenvalue weighted by Crippen LogP contribution is 2.35. The number of hydrogen-bond donors (Lipinski definition) is 1.